The summed E-state index contributed by atoms with van der Waals surface area (Å²) >= 11 is 13.2. The molecule has 54 heavy (non-hydrogen) atoms. The molecule has 2 N–H and O–H groups in total. The summed E-state index contributed by atoms with van der Waals surface area (Å²) in [4.78, 5) is 56.6. The van der Waals surface area contributed by atoms with Gasteiger partial charge in [0.15, 0.2) is 0 Å². The fourth-order valence-electron chi connectivity index (χ4n) is 8.19. The zero-order valence-corrected chi connectivity index (χ0v) is 30.5. The standard InChI is InChI=1S/C37H35Cl2F3N8O4/c1-47-33-28(50(36(47)54)29-7-8-31(51)45-35(29)53)6-5-23(38)32(33)20-9-11-48(12-10-20)17-19-13-22(14-19)49-18-21-15-27(24(39)16-26(21)46-49)44-34(52)25-3-2-4-30(43-25)37(40,41)42/h2-6,15-16,18-20,22,29H,7-14,17H2,1H3,(H,44,52)(H,45,51,53). The van der Waals surface area contributed by atoms with Crippen molar-refractivity contribution in [3.8, 4) is 0 Å². The molecule has 1 unspecified atom stereocenters. The van der Waals surface area contributed by atoms with E-state index in [-0.39, 0.29) is 52.8 Å². The lowest BCUT2D eigenvalue weighted by atomic mass is 9.79. The first-order valence-electron chi connectivity index (χ1n) is 17.7. The van der Waals surface area contributed by atoms with Gasteiger partial charge in [-0.3, -0.25) is 33.5 Å². The number of nitrogens with one attached hydrogen (secondary N) is 2. The fourth-order valence-corrected chi connectivity index (χ4v) is 8.70. The Bertz CT molecular complexity index is 2390. The Morgan fingerprint density at radius 1 is 1.02 bits per heavy atom. The van der Waals surface area contributed by atoms with E-state index < -0.39 is 29.7 Å². The molecule has 3 fully saturated rings. The first-order chi connectivity index (χ1) is 25.7. The van der Waals surface area contributed by atoms with E-state index in [4.69, 9.17) is 28.3 Å². The largest absolute Gasteiger partial charge is 0.433 e. The van der Waals surface area contributed by atoms with Crippen molar-refractivity contribution in [3.05, 3.63) is 86.1 Å². The third kappa shape index (κ3) is 6.66. The molecule has 0 bridgehead atoms. The fraction of sp³-hybridized carbons (Fsp3) is 0.405. The van der Waals surface area contributed by atoms with Crippen LogP contribution >= 0.6 is 23.2 Å². The molecule has 1 aliphatic carbocycles. The average molecular weight is 784 g/mol. The van der Waals surface area contributed by atoms with Gasteiger partial charge in [-0.2, -0.15) is 18.3 Å². The summed E-state index contributed by atoms with van der Waals surface area (Å²) in [5.41, 5.74) is 1.32. The number of carbonyl (C=O) groups excluding carboxylic acids is 3. The van der Waals surface area contributed by atoms with Crippen LogP contribution in [-0.2, 0) is 22.8 Å². The van der Waals surface area contributed by atoms with Crippen LogP contribution in [0.15, 0.2) is 53.5 Å². The van der Waals surface area contributed by atoms with Crippen LogP contribution in [0.2, 0.25) is 10.0 Å². The van der Waals surface area contributed by atoms with Crippen molar-refractivity contribution >= 4 is 68.5 Å². The van der Waals surface area contributed by atoms with Crippen molar-refractivity contribution in [1.82, 2.24) is 34.1 Å². The van der Waals surface area contributed by atoms with Gasteiger partial charge in [0.05, 0.1) is 33.3 Å². The van der Waals surface area contributed by atoms with Gasteiger partial charge in [0.2, 0.25) is 11.8 Å². The summed E-state index contributed by atoms with van der Waals surface area (Å²) in [6, 6.07) is 9.42. The summed E-state index contributed by atoms with van der Waals surface area (Å²) in [7, 11) is 1.70. The molecule has 12 nitrogen and oxygen atoms in total. The van der Waals surface area contributed by atoms with Crippen LogP contribution in [0, 0.1) is 5.92 Å². The predicted octanol–water partition coefficient (Wildman–Crippen LogP) is 6.47. The molecule has 0 spiro atoms. The van der Waals surface area contributed by atoms with Crippen LogP contribution in [0.3, 0.4) is 0 Å². The third-order valence-electron chi connectivity index (χ3n) is 11.0. The predicted molar refractivity (Wildman–Crippen MR) is 196 cm³/mol. The summed E-state index contributed by atoms with van der Waals surface area (Å²) in [5, 5.41) is 11.2. The van der Waals surface area contributed by atoms with Gasteiger partial charge in [-0.1, -0.05) is 29.3 Å². The second-order valence-corrected chi connectivity index (χ2v) is 15.2. The van der Waals surface area contributed by atoms with Crippen molar-refractivity contribution in [2.45, 2.75) is 62.7 Å². The molecule has 3 amide bonds. The molecular weight excluding hydrogens is 748 g/mol. The monoisotopic (exact) mass is 782 g/mol. The van der Waals surface area contributed by atoms with Crippen molar-refractivity contribution in [1.29, 1.82) is 0 Å². The first kappa shape index (κ1) is 36.3. The number of imide groups is 1. The minimum Gasteiger partial charge on any atom is -0.319 e. The maximum absolute atomic E-state index is 13.5. The number of carbonyl (C=O) groups is 3. The minimum atomic E-state index is -4.68. The number of hydrogen-bond acceptors (Lipinski definition) is 7. The van der Waals surface area contributed by atoms with Gasteiger partial charge >= 0.3 is 11.9 Å². The van der Waals surface area contributed by atoms with Gasteiger partial charge in [0, 0.05) is 36.6 Å². The van der Waals surface area contributed by atoms with E-state index >= 15 is 0 Å². The number of likely N-dealkylation sites (tertiary alicyclic amines) is 1. The lowest BCUT2D eigenvalue weighted by Gasteiger charge is -2.41. The highest BCUT2D eigenvalue weighted by Gasteiger charge is 2.36. The molecule has 2 aliphatic heterocycles. The Kier molecular flexibility index (Phi) is 9.29. The van der Waals surface area contributed by atoms with E-state index in [2.05, 4.69) is 20.5 Å². The number of aryl methyl sites for hydroxylation is 1. The van der Waals surface area contributed by atoms with Crippen LogP contribution in [-0.4, -0.2) is 66.2 Å². The Balaban J connectivity index is 0.890. The molecule has 8 rings (SSSR count). The summed E-state index contributed by atoms with van der Waals surface area (Å²) in [5.74, 6) is -1.00. The number of halogens is 5. The number of alkyl halides is 3. The normalized spacial score (nSPS) is 21.4. The summed E-state index contributed by atoms with van der Waals surface area (Å²) < 4.78 is 44.3. The van der Waals surface area contributed by atoms with Gasteiger partial charge in [-0.05, 0) is 99.0 Å². The Morgan fingerprint density at radius 2 is 1.78 bits per heavy atom. The molecule has 5 heterocycles. The molecule has 282 valence electrons. The van der Waals surface area contributed by atoms with E-state index in [9.17, 15) is 32.3 Å². The van der Waals surface area contributed by atoms with Crippen molar-refractivity contribution < 1.29 is 27.6 Å². The van der Waals surface area contributed by atoms with Crippen molar-refractivity contribution in [3.63, 3.8) is 0 Å². The number of anilines is 1. The van der Waals surface area contributed by atoms with Crippen LogP contribution in [0.5, 0.6) is 0 Å². The number of benzene rings is 2. The molecule has 3 aliphatic rings. The number of pyridine rings is 1. The molecule has 1 atom stereocenters. The second-order valence-electron chi connectivity index (χ2n) is 14.4. The molecule has 2 saturated heterocycles. The average Bonchev–Trinajstić information content (AvgIpc) is 3.63. The van der Waals surface area contributed by atoms with Gasteiger partial charge in [-0.15, -0.1) is 0 Å². The molecule has 17 heteroatoms. The van der Waals surface area contributed by atoms with Gasteiger partial charge in [0.1, 0.15) is 17.4 Å². The number of hydrogen-bond donors (Lipinski definition) is 2. The summed E-state index contributed by atoms with van der Waals surface area (Å²) in [6.07, 6.45) is 1.25. The van der Waals surface area contributed by atoms with Crippen LogP contribution < -0.4 is 16.3 Å². The number of imidazole rings is 1. The molecule has 0 radical (unpaired) electrons. The second kappa shape index (κ2) is 13.8. The number of piperidine rings is 2. The first-order valence-corrected chi connectivity index (χ1v) is 18.5. The highest BCUT2D eigenvalue weighted by molar-refractivity contribution is 6.34. The van der Waals surface area contributed by atoms with E-state index in [1.165, 1.54) is 10.6 Å². The topological polar surface area (TPSA) is 136 Å². The van der Waals surface area contributed by atoms with Gasteiger partial charge in [0.25, 0.3) is 5.91 Å². The Morgan fingerprint density at radius 3 is 2.50 bits per heavy atom. The van der Waals surface area contributed by atoms with Gasteiger partial charge < -0.3 is 10.2 Å². The van der Waals surface area contributed by atoms with Crippen molar-refractivity contribution in [2.24, 2.45) is 13.0 Å². The number of rotatable bonds is 7. The van der Waals surface area contributed by atoms with E-state index in [1.54, 1.807) is 35.9 Å². The SMILES string of the molecule is Cn1c(=O)n(C2CCC(=O)NC2=O)c2ccc(Cl)c(C3CCN(CC4CC(n5cc6cc(NC(=O)c7cccc(C(F)(F)F)n7)c(Cl)cc6n5)C4)CC3)c21. The van der Waals surface area contributed by atoms with E-state index in [0.717, 1.165) is 73.9 Å². The van der Waals surface area contributed by atoms with Crippen LogP contribution in [0.4, 0.5) is 18.9 Å². The summed E-state index contributed by atoms with van der Waals surface area (Å²) in [6.45, 7) is 2.68. The smallest absolute Gasteiger partial charge is 0.319 e. The zero-order valence-electron chi connectivity index (χ0n) is 29.0. The lowest BCUT2D eigenvalue weighted by Crippen LogP contribution is -2.44. The third-order valence-corrected chi connectivity index (χ3v) is 11.6. The Hall–Kier alpha value is -4.73. The lowest BCUT2D eigenvalue weighted by molar-refractivity contribution is -0.141. The molecule has 5 aromatic rings. The molecule has 1 saturated carbocycles. The molecule has 2 aromatic carbocycles. The van der Waals surface area contributed by atoms with Crippen molar-refractivity contribution in [2.75, 3.05) is 25.0 Å². The van der Waals surface area contributed by atoms with Crippen LogP contribution in [0.25, 0.3) is 21.9 Å². The molecular formula is C37H35Cl2F3N8O4. The highest BCUT2D eigenvalue weighted by Crippen LogP contribution is 2.42. The van der Waals surface area contributed by atoms with E-state index in [1.807, 2.05) is 10.9 Å². The maximum Gasteiger partial charge on any atom is 0.433 e. The Labute approximate surface area is 316 Å². The minimum absolute atomic E-state index is 0.133. The quantitative estimate of drug-likeness (QED) is 0.181. The van der Waals surface area contributed by atoms with Crippen LogP contribution in [0.1, 0.15) is 78.3 Å². The van der Waals surface area contributed by atoms with E-state index in [0.29, 0.717) is 22.0 Å². The number of nitrogens with zero attached hydrogens (tertiary/aromatic N) is 6. The maximum atomic E-state index is 13.5. The number of fused-ring (bicyclic) bond motifs is 2. The zero-order chi connectivity index (χ0) is 38.1. The van der Waals surface area contributed by atoms with Gasteiger partial charge in [-0.25, -0.2) is 9.78 Å². The highest BCUT2D eigenvalue weighted by atomic mass is 35.5. The number of aromatic nitrogens is 5. The number of amides is 3. The molecule has 3 aromatic heterocycles.